The molecule has 0 aliphatic carbocycles. The third-order valence-corrected chi connectivity index (χ3v) is 3.81. The Labute approximate surface area is 101 Å². The summed E-state index contributed by atoms with van der Waals surface area (Å²) in [7, 11) is -0.802. The van der Waals surface area contributed by atoms with Crippen molar-refractivity contribution < 1.29 is 9.00 Å². The molecule has 0 saturated carbocycles. The molecule has 0 aliphatic rings. The van der Waals surface area contributed by atoms with Gasteiger partial charge in [-0.2, -0.15) is 0 Å². The van der Waals surface area contributed by atoms with E-state index in [0.717, 1.165) is 12.8 Å². The summed E-state index contributed by atoms with van der Waals surface area (Å²) in [6.07, 6.45) is 3.13. The second-order valence-electron chi connectivity index (χ2n) is 4.56. The standard InChI is InChI=1S/C11H24N2O2S/c1-5-11(3,8-12)10(14)13-9(2)6-7-16(4)15/h9H,5-8,12H2,1-4H3,(H,13,14). The van der Waals surface area contributed by atoms with Gasteiger partial charge < -0.3 is 11.1 Å². The lowest BCUT2D eigenvalue weighted by Crippen LogP contribution is -2.46. The Morgan fingerprint density at radius 1 is 1.56 bits per heavy atom. The SMILES string of the molecule is CCC(C)(CN)C(=O)NC(C)CCS(C)=O. The van der Waals surface area contributed by atoms with Gasteiger partial charge in [-0.15, -0.1) is 0 Å². The zero-order valence-electron chi connectivity index (χ0n) is 10.7. The minimum atomic E-state index is -0.802. The molecule has 4 nitrogen and oxygen atoms in total. The van der Waals surface area contributed by atoms with Crippen molar-refractivity contribution in [2.75, 3.05) is 18.6 Å². The van der Waals surface area contributed by atoms with Crippen LogP contribution in [0.2, 0.25) is 0 Å². The summed E-state index contributed by atoms with van der Waals surface area (Å²) >= 11 is 0. The number of nitrogens with two attached hydrogens (primary N) is 1. The lowest BCUT2D eigenvalue weighted by molar-refractivity contribution is -0.130. The summed E-state index contributed by atoms with van der Waals surface area (Å²) in [4.78, 5) is 11.9. The molecular formula is C11H24N2O2S. The largest absolute Gasteiger partial charge is 0.353 e. The Kier molecular flexibility index (Phi) is 6.83. The van der Waals surface area contributed by atoms with E-state index in [9.17, 15) is 9.00 Å². The average molecular weight is 248 g/mol. The van der Waals surface area contributed by atoms with Crippen LogP contribution >= 0.6 is 0 Å². The van der Waals surface area contributed by atoms with Crippen molar-refractivity contribution >= 4 is 16.7 Å². The van der Waals surface area contributed by atoms with E-state index in [1.807, 2.05) is 20.8 Å². The molecule has 0 fully saturated rings. The lowest BCUT2D eigenvalue weighted by atomic mass is 9.86. The lowest BCUT2D eigenvalue weighted by Gasteiger charge is -2.27. The minimum absolute atomic E-state index is 0.00751. The Morgan fingerprint density at radius 3 is 2.50 bits per heavy atom. The van der Waals surface area contributed by atoms with Gasteiger partial charge in [0.25, 0.3) is 0 Å². The highest BCUT2D eigenvalue weighted by atomic mass is 32.2. The number of hydrogen-bond donors (Lipinski definition) is 2. The molecule has 5 heteroatoms. The smallest absolute Gasteiger partial charge is 0.227 e. The summed E-state index contributed by atoms with van der Waals surface area (Å²) in [6.45, 7) is 6.10. The first-order valence-corrected chi connectivity index (χ1v) is 7.39. The molecule has 0 heterocycles. The summed E-state index contributed by atoms with van der Waals surface area (Å²) in [5.74, 6) is 0.610. The fourth-order valence-corrected chi connectivity index (χ4v) is 1.90. The molecule has 0 spiro atoms. The van der Waals surface area contributed by atoms with Crippen molar-refractivity contribution in [3.8, 4) is 0 Å². The second-order valence-corrected chi connectivity index (χ2v) is 6.11. The topological polar surface area (TPSA) is 72.2 Å². The Bertz CT molecular complexity index is 252. The first-order valence-electron chi connectivity index (χ1n) is 5.66. The molecule has 3 atom stereocenters. The zero-order valence-corrected chi connectivity index (χ0v) is 11.5. The molecule has 3 unspecified atom stereocenters. The van der Waals surface area contributed by atoms with Crippen LogP contribution in [0.4, 0.5) is 0 Å². The van der Waals surface area contributed by atoms with Gasteiger partial charge in [-0.3, -0.25) is 9.00 Å². The maximum atomic E-state index is 11.9. The number of carbonyl (C=O) groups is 1. The van der Waals surface area contributed by atoms with Crippen LogP contribution in [0.15, 0.2) is 0 Å². The molecule has 0 aromatic carbocycles. The van der Waals surface area contributed by atoms with Crippen molar-refractivity contribution in [2.24, 2.45) is 11.1 Å². The van der Waals surface area contributed by atoms with Crippen LogP contribution in [-0.4, -0.2) is 34.7 Å². The molecule has 0 saturated heterocycles. The van der Waals surface area contributed by atoms with Crippen LogP contribution in [0.1, 0.15) is 33.6 Å². The van der Waals surface area contributed by atoms with Crippen LogP contribution in [0.5, 0.6) is 0 Å². The summed E-state index contributed by atoms with van der Waals surface area (Å²) in [5.41, 5.74) is 5.12. The van der Waals surface area contributed by atoms with Gasteiger partial charge in [-0.1, -0.05) is 6.92 Å². The van der Waals surface area contributed by atoms with E-state index in [-0.39, 0.29) is 11.9 Å². The Hall–Kier alpha value is -0.420. The molecule has 0 aromatic rings. The van der Waals surface area contributed by atoms with Gasteiger partial charge in [0.1, 0.15) is 0 Å². The van der Waals surface area contributed by atoms with Gasteiger partial charge in [0.2, 0.25) is 5.91 Å². The molecular weight excluding hydrogens is 224 g/mol. The highest BCUT2D eigenvalue weighted by molar-refractivity contribution is 7.84. The molecule has 96 valence electrons. The van der Waals surface area contributed by atoms with Crippen LogP contribution in [0.25, 0.3) is 0 Å². The van der Waals surface area contributed by atoms with Crippen molar-refractivity contribution in [2.45, 2.75) is 39.7 Å². The van der Waals surface area contributed by atoms with Gasteiger partial charge in [0.15, 0.2) is 0 Å². The zero-order chi connectivity index (χ0) is 12.8. The molecule has 3 N–H and O–H groups in total. The number of rotatable bonds is 7. The first-order chi connectivity index (χ1) is 7.35. The monoisotopic (exact) mass is 248 g/mol. The molecule has 0 aliphatic heterocycles. The van der Waals surface area contributed by atoms with Crippen LogP contribution in [0, 0.1) is 5.41 Å². The predicted octanol–water partition coefficient (Wildman–Crippen LogP) is 0.635. The van der Waals surface area contributed by atoms with Gasteiger partial charge in [-0.05, 0) is 26.7 Å². The van der Waals surface area contributed by atoms with Gasteiger partial charge >= 0.3 is 0 Å². The highest BCUT2D eigenvalue weighted by Crippen LogP contribution is 2.19. The average Bonchev–Trinajstić information content (AvgIpc) is 2.25. The van der Waals surface area contributed by atoms with E-state index >= 15 is 0 Å². The molecule has 16 heavy (non-hydrogen) atoms. The molecule has 0 bridgehead atoms. The highest BCUT2D eigenvalue weighted by Gasteiger charge is 2.30. The summed E-state index contributed by atoms with van der Waals surface area (Å²) < 4.78 is 10.9. The van der Waals surface area contributed by atoms with Crippen LogP contribution in [-0.2, 0) is 15.6 Å². The number of carbonyl (C=O) groups excluding carboxylic acids is 1. The maximum Gasteiger partial charge on any atom is 0.227 e. The normalized spacial score (nSPS) is 18.6. The molecule has 1 amide bonds. The maximum absolute atomic E-state index is 11.9. The van der Waals surface area contributed by atoms with E-state index in [0.29, 0.717) is 12.3 Å². The van der Waals surface area contributed by atoms with Crippen molar-refractivity contribution in [1.82, 2.24) is 5.32 Å². The van der Waals surface area contributed by atoms with Crippen molar-refractivity contribution in [3.05, 3.63) is 0 Å². The van der Waals surface area contributed by atoms with E-state index in [1.165, 1.54) is 0 Å². The number of hydrogen-bond acceptors (Lipinski definition) is 3. The molecule has 0 aromatic heterocycles. The minimum Gasteiger partial charge on any atom is -0.353 e. The van der Waals surface area contributed by atoms with Crippen molar-refractivity contribution in [3.63, 3.8) is 0 Å². The third kappa shape index (κ3) is 5.07. The van der Waals surface area contributed by atoms with Crippen LogP contribution in [0.3, 0.4) is 0 Å². The molecule has 0 radical (unpaired) electrons. The molecule has 0 rings (SSSR count). The second kappa shape index (κ2) is 7.01. The summed E-state index contributed by atoms with van der Waals surface area (Å²) in [6, 6.07) is 0.0498. The predicted molar refractivity (Wildman–Crippen MR) is 68.6 cm³/mol. The quantitative estimate of drug-likeness (QED) is 0.694. The first kappa shape index (κ1) is 15.6. The van der Waals surface area contributed by atoms with Crippen molar-refractivity contribution in [1.29, 1.82) is 0 Å². The van der Waals surface area contributed by atoms with Gasteiger partial charge in [0, 0.05) is 35.4 Å². The van der Waals surface area contributed by atoms with Crippen LogP contribution < -0.4 is 11.1 Å². The van der Waals surface area contributed by atoms with E-state index in [1.54, 1.807) is 6.26 Å². The van der Waals surface area contributed by atoms with E-state index in [4.69, 9.17) is 5.73 Å². The van der Waals surface area contributed by atoms with Gasteiger partial charge in [0.05, 0.1) is 5.41 Å². The fourth-order valence-electron chi connectivity index (χ4n) is 1.21. The third-order valence-electron chi connectivity index (χ3n) is 2.99. The number of nitrogens with one attached hydrogen (secondary N) is 1. The van der Waals surface area contributed by atoms with E-state index in [2.05, 4.69) is 5.32 Å². The Balaban J connectivity index is 4.17. The van der Waals surface area contributed by atoms with Gasteiger partial charge in [-0.25, -0.2) is 0 Å². The summed E-state index contributed by atoms with van der Waals surface area (Å²) in [5, 5.41) is 2.92. The van der Waals surface area contributed by atoms with E-state index < -0.39 is 16.2 Å². The number of amides is 1. The Morgan fingerprint density at radius 2 is 2.12 bits per heavy atom. The fraction of sp³-hybridized carbons (Fsp3) is 0.909.